The van der Waals surface area contributed by atoms with Crippen molar-refractivity contribution in [2.75, 3.05) is 5.32 Å². The van der Waals surface area contributed by atoms with Crippen molar-refractivity contribution >= 4 is 22.8 Å². The smallest absolute Gasteiger partial charge is 0.284 e. The second kappa shape index (κ2) is 6.83. The maximum Gasteiger partial charge on any atom is 0.284 e. The van der Waals surface area contributed by atoms with E-state index in [2.05, 4.69) is 20.6 Å². The third-order valence-electron chi connectivity index (χ3n) is 4.16. The molecule has 0 radical (unpaired) electrons. The molecule has 0 unspecified atom stereocenters. The molecule has 134 valence electrons. The predicted octanol–water partition coefficient (Wildman–Crippen LogP) is 1.92. The number of nitrogens with zero attached hydrogens (tertiary/aromatic N) is 5. The number of anilines is 1. The van der Waals surface area contributed by atoms with E-state index in [1.807, 2.05) is 61.5 Å². The molecule has 2 aromatic carbocycles. The zero-order valence-corrected chi connectivity index (χ0v) is 14.5. The van der Waals surface area contributed by atoms with Gasteiger partial charge in [0.2, 0.25) is 5.91 Å². The number of fused-ring (bicyclic) bond motifs is 1. The molecule has 4 rings (SSSR count). The monoisotopic (exact) mass is 360 g/mol. The van der Waals surface area contributed by atoms with Gasteiger partial charge in [-0.2, -0.15) is 4.68 Å². The van der Waals surface area contributed by atoms with Crippen LogP contribution in [0.1, 0.15) is 5.56 Å². The highest BCUT2D eigenvalue weighted by Crippen LogP contribution is 2.13. The van der Waals surface area contributed by atoms with Crippen molar-refractivity contribution in [3.8, 4) is 5.69 Å². The van der Waals surface area contributed by atoms with Gasteiger partial charge in [-0.05, 0) is 30.7 Å². The van der Waals surface area contributed by atoms with Crippen molar-refractivity contribution in [2.24, 2.45) is 0 Å². The molecule has 0 saturated carbocycles. The molecular formula is C19H16N6O2. The van der Waals surface area contributed by atoms with Gasteiger partial charge in [-0.3, -0.25) is 14.2 Å². The van der Waals surface area contributed by atoms with E-state index in [1.54, 1.807) is 0 Å². The molecule has 0 fully saturated rings. The van der Waals surface area contributed by atoms with Gasteiger partial charge in [-0.15, -0.1) is 5.10 Å². The van der Waals surface area contributed by atoms with E-state index in [9.17, 15) is 9.59 Å². The maximum atomic E-state index is 12.7. The van der Waals surface area contributed by atoms with Crippen LogP contribution in [0.4, 0.5) is 5.69 Å². The number of aromatic nitrogens is 5. The highest BCUT2D eigenvalue weighted by atomic mass is 16.2. The summed E-state index contributed by atoms with van der Waals surface area (Å²) in [6, 6.07) is 16.7. The van der Waals surface area contributed by atoms with Crippen LogP contribution in [-0.4, -0.2) is 30.5 Å². The largest absolute Gasteiger partial charge is 0.324 e. The second-order valence-electron chi connectivity index (χ2n) is 6.05. The first-order chi connectivity index (χ1) is 13.1. The van der Waals surface area contributed by atoms with E-state index in [4.69, 9.17) is 0 Å². The van der Waals surface area contributed by atoms with Crippen LogP contribution in [0.15, 0.2) is 65.7 Å². The Kier molecular flexibility index (Phi) is 4.21. The molecule has 0 aliphatic rings. The number of benzene rings is 2. The van der Waals surface area contributed by atoms with Gasteiger partial charge in [-0.1, -0.05) is 41.6 Å². The number of hydrogen-bond donors (Lipinski definition) is 1. The van der Waals surface area contributed by atoms with Crippen LogP contribution in [0.5, 0.6) is 0 Å². The Morgan fingerprint density at radius 1 is 1.07 bits per heavy atom. The number of carbonyl (C=O) groups is 1. The lowest BCUT2D eigenvalue weighted by Crippen LogP contribution is -2.28. The normalized spacial score (nSPS) is 10.9. The van der Waals surface area contributed by atoms with Crippen molar-refractivity contribution in [3.05, 3.63) is 76.8 Å². The van der Waals surface area contributed by atoms with Crippen molar-refractivity contribution in [3.63, 3.8) is 0 Å². The molecule has 2 aromatic heterocycles. The van der Waals surface area contributed by atoms with Crippen LogP contribution < -0.4 is 10.9 Å². The number of carbonyl (C=O) groups excluding carboxylic acids is 1. The second-order valence-corrected chi connectivity index (χ2v) is 6.05. The van der Waals surface area contributed by atoms with E-state index in [-0.39, 0.29) is 18.0 Å². The Bertz CT molecular complexity index is 1180. The number of hydrogen-bond acceptors (Lipinski definition) is 5. The molecule has 0 saturated heterocycles. The van der Waals surface area contributed by atoms with Gasteiger partial charge in [0.1, 0.15) is 12.9 Å². The van der Waals surface area contributed by atoms with Crippen LogP contribution in [0.2, 0.25) is 0 Å². The molecule has 27 heavy (non-hydrogen) atoms. The molecule has 0 atom stereocenters. The topological polar surface area (TPSA) is 94.7 Å². The summed E-state index contributed by atoms with van der Waals surface area (Å²) in [4.78, 5) is 29.2. The Balaban J connectivity index is 1.62. The summed E-state index contributed by atoms with van der Waals surface area (Å²) >= 11 is 0. The molecule has 0 aliphatic carbocycles. The van der Waals surface area contributed by atoms with Crippen molar-refractivity contribution in [1.82, 2.24) is 24.5 Å². The summed E-state index contributed by atoms with van der Waals surface area (Å²) < 4.78 is 2.72. The lowest BCUT2D eigenvalue weighted by atomic mass is 10.2. The van der Waals surface area contributed by atoms with Gasteiger partial charge in [0.25, 0.3) is 5.56 Å². The van der Waals surface area contributed by atoms with E-state index >= 15 is 0 Å². The minimum absolute atomic E-state index is 0.116. The average molecular weight is 360 g/mol. The van der Waals surface area contributed by atoms with E-state index in [0.29, 0.717) is 11.3 Å². The first kappa shape index (κ1) is 16.6. The number of para-hydroxylation sites is 2. The maximum absolute atomic E-state index is 12.7. The van der Waals surface area contributed by atoms with Crippen LogP contribution in [-0.2, 0) is 11.3 Å². The summed E-state index contributed by atoms with van der Waals surface area (Å²) in [5, 5.41) is 10.8. The molecule has 1 amide bonds. The fraction of sp³-hybridized carbons (Fsp3) is 0.105. The molecule has 0 aliphatic heterocycles. The molecule has 4 aromatic rings. The Morgan fingerprint density at radius 3 is 2.59 bits per heavy atom. The lowest BCUT2D eigenvalue weighted by Gasteiger charge is -2.09. The van der Waals surface area contributed by atoms with E-state index in [1.165, 1.54) is 15.6 Å². The molecular weight excluding hydrogens is 344 g/mol. The zero-order chi connectivity index (χ0) is 18.8. The summed E-state index contributed by atoms with van der Waals surface area (Å²) in [7, 11) is 0. The molecule has 0 spiro atoms. The minimum atomic E-state index is -0.415. The SMILES string of the molecule is Cc1ccccc1NC(=O)Cn1cnc2c(nnn2-c2ccccc2)c1=O. The third-order valence-corrected chi connectivity index (χ3v) is 4.16. The Hall–Kier alpha value is -3.81. The molecule has 8 heteroatoms. The first-order valence-corrected chi connectivity index (χ1v) is 8.35. The highest BCUT2D eigenvalue weighted by molar-refractivity contribution is 5.91. The summed E-state index contributed by atoms with van der Waals surface area (Å²) in [6.45, 7) is 1.74. The highest BCUT2D eigenvalue weighted by Gasteiger charge is 2.15. The number of aryl methyl sites for hydroxylation is 1. The number of amides is 1. The zero-order valence-electron chi connectivity index (χ0n) is 14.5. The van der Waals surface area contributed by atoms with Crippen LogP contribution in [0.3, 0.4) is 0 Å². The molecule has 0 bridgehead atoms. The van der Waals surface area contributed by atoms with Gasteiger partial charge >= 0.3 is 0 Å². The third kappa shape index (κ3) is 3.20. The molecule has 2 heterocycles. The van der Waals surface area contributed by atoms with E-state index in [0.717, 1.165) is 11.3 Å². The number of nitrogens with one attached hydrogen (secondary N) is 1. The van der Waals surface area contributed by atoms with Crippen molar-refractivity contribution in [2.45, 2.75) is 13.5 Å². The van der Waals surface area contributed by atoms with Gasteiger partial charge in [-0.25, -0.2) is 4.98 Å². The van der Waals surface area contributed by atoms with Gasteiger partial charge in [0, 0.05) is 5.69 Å². The summed E-state index contributed by atoms with van der Waals surface area (Å²) in [5.41, 5.74) is 2.45. The van der Waals surface area contributed by atoms with Crippen LogP contribution in [0, 0.1) is 6.92 Å². The predicted molar refractivity (Wildman–Crippen MR) is 101 cm³/mol. The minimum Gasteiger partial charge on any atom is -0.324 e. The fourth-order valence-corrected chi connectivity index (χ4v) is 2.76. The number of rotatable bonds is 4. The van der Waals surface area contributed by atoms with Crippen LogP contribution in [0.25, 0.3) is 16.9 Å². The quantitative estimate of drug-likeness (QED) is 0.600. The summed E-state index contributed by atoms with van der Waals surface area (Å²) in [6.07, 6.45) is 1.34. The lowest BCUT2D eigenvalue weighted by molar-refractivity contribution is -0.116. The first-order valence-electron chi connectivity index (χ1n) is 8.35. The van der Waals surface area contributed by atoms with Crippen LogP contribution >= 0.6 is 0 Å². The standard InChI is InChI=1S/C19H16N6O2/c1-13-7-5-6-10-15(13)21-16(26)11-24-12-20-18-17(19(24)27)22-23-25(18)14-8-3-2-4-9-14/h2-10,12H,11H2,1H3,(H,21,26). The Labute approximate surface area is 154 Å². The molecule has 1 N–H and O–H groups in total. The van der Waals surface area contributed by atoms with Crippen molar-refractivity contribution < 1.29 is 4.79 Å². The fourth-order valence-electron chi connectivity index (χ4n) is 2.76. The van der Waals surface area contributed by atoms with E-state index < -0.39 is 5.56 Å². The van der Waals surface area contributed by atoms with Gasteiger partial charge < -0.3 is 5.32 Å². The molecule has 8 nitrogen and oxygen atoms in total. The average Bonchev–Trinajstić information content (AvgIpc) is 3.11. The summed E-state index contributed by atoms with van der Waals surface area (Å²) in [5.74, 6) is -0.317. The van der Waals surface area contributed by atoms with Gasteiger partial charge in [0.05, 0.1) is 5.69 Å². The van der Waals surface area contributed by atoms with Crippen molar-refractivity contribution in [1.29, 1.82) is 0 Å². The van der Waals surface area contributed by atoms with Gasteiger partial charge in [0.15, 0.2) is 11.2 Å². The Morgan fingerprint density at radius 2 is 1.81 bits per heavy atom.